The molecule has 2 aromatic carbocycles. The quantitative estimate of drug-likeness (QED) is 0.425. The third kappa shape index (κ3) is 3.98. The van der Waals surface area contributed by atoms with E-state index in [1.54, 1.807) is 0 Å². The van der Waals surface area contributed by atoms with Gasteiger partial charge in [0, 0.05) is 34.9 Å². The van der Waals surface area contributed by atoms with Crippen LogP contribution in [0.15, 0.2) is 59.9 Å². The molecule has 2 heterocycles. The highest BCUT2D eigenvalue weighted by molar-refractivity contribution is 8.00. The second-order valence-corrected chi connectivity index (χ2v) is 8.59. The molecule has 154 valence electrons. The van der Waals surface area contributed by atoms with Gasteiger partial charge in [-0.3, -0.25) is 9.36 Å². The minimum atomic E-state index is -0.278. The number of carbonyl (C=O) groups excluding carboxylic acids is 1. The van der Waals surface area contributed by atoms with Gasteiger partial charge in [-0.2, -0.15) is 0 Å². The van der Waals surface area contributed by atoms with E-state index in [0.717, 1.165) is 40.0 Å². The number of nitrogens with zero attached hydrogens (tertiary/aromatic N) is 3. The Kier molecular flexibility index (Phi) is 5.90. The molecule has 0 saturated heterocycles. The molecule has 0 spiro atoms. The number of para-hydroxylation sites is 1. The summed E-state index contributed by atoms with van der Waals surface area (Å²) in [6, 6.07) is 16.4. The first kappa shape index (κ1) is 20.2. The Labute approximate surface area is 180 Å². The van der Waals surface area contributed by atoms with Gasteiger partial charge in [-0.1, -0.05) is 49.0 Å². The summed E-state index contributed by atoms with van der Waals surface area (Å²) in [5.74, 6) is 0.760. The molecule has 0 aliphatic heterocycles. The summed E-state index contributed by atoms with van der Waals surface area (Å²) < 4.78 is 2.04. The molecule has 0 aliphatic carbocycles. The lowest BCUT2D eigenvalue weighted by Gasteiger charge is -2.14. The van der Waals surface area contributed by atoms with Crippen molar-refractivity contribution in [2.24, 2.45) is 0 Å². The Hall–Kier alpha value is -3.06. The maximum Gasteiger partial charge on any atom is 0.233 e. The zero-order chi connectivity index (χ0) is 21.1. The highest BCUT2D eigenvalue weighted by Crippen LogP contribution is 2.33. The number of hydrogen-bond donors (Lipinski definition) is 2. The van der Waals surface area contributed by atoms with E-state index >= 15 is 0 Å². The van der Waals surface area contributed by atoms with Crippen LogP contribution in [0.1, 0.15) is 25.8 Å². The van der Waals surface area contributed by atoms with Gasteiger partial charge in [-0.25, -0.2) is 0 Å². The Morgan fingerprint density at radius 2 is 2.03 bits per heavy atom. The summed E-state index contributed by atoms with van der Waals surface area (Å²) >= 11 is 1.42. The molecule has 4 aromatic rings. The number of H-pyrrole nitrogens is 1. The number of fused-ring (bicyclic) bond motifs is 1. The van der Waals surface area contributed by atoms with E-state index in [1.165, 1.54) is 11.8 Å². The molecule has 1 atom stereocenters. The van der Waals surface area contributed by atoms with Crippen molar-refractivity contribution in [3.05, 3.63) is 60.3 Å². The van der Waals surface area contributed by atoms with Gasteiger partial charge < -0.3 is 10.3 Å². The molecule has 30 heavy (non-hydrogen) atoms. The molecule has 7 heteroatoms. The second kappa shape index (κ2) is 8.75. The predicted octanol–water partition coefficient (Wildman–Crippen LogP) is 4.73. The Morgan fingerprint density at radius 1 is 1.20 bits per heavy atom. The maximum atomic E-state index is 12.4. The summed E-state index contributed by atoms with van der Waals surface area (Å²) in [7, 11) is 0. The fraction of sp³-hybridized carbons (Fsp3) is 0.261. The van der Waals surface area contributed by atoms with Gasteiger partial charge in [0.1, 0.15) is 0 Å². The molecule has 0 fully saturated rings. The van der Waals surface area contributed by atoms with Crippen LogP contribution in [0.3, 0.4) is 0 Å². The number of benzene rings is 2. The van der Waals surface area contributed by atoms with Crippen molar-refractivity contribution in [1.29, 1.82) is 0 Å². The zero-order valence-corrected chi connectivity index (χ0v) is 18.2. The smallest absolute Gasteiger partial charge is 0.233 e. The molecule has 4 rings (SSSR count). The van der Waals surface area contributed by atoms with Crippen molar-refractivity contribution in [3.8, 4) is 17.1 Å². The topological polar surface area (TPSA) is 75.6 Å². The van der Waals surface area contributed by atoms with Crippen LogP contribution in [-0.2, 0) is 4.79 Å². The molecule has 0 bridgehead atoms. The zero-order valence-electron chi connectivity index (χ0n) is 17.3. The summed E-state index contributed by atoms with van der Waals surface area (Å²) in [5, 5.41) is 13.5. The van der Waals surface area contributed by atoms with Crippen LogP contribution in [0.2, 0.25) is 0 Å². The van der Waals surface area contributed by atoms with Gasteiger partial charge in [-0.05, 0) is 44.0 Å². The normalized spacial score (nSPS) is 12.2. The molecule has 6 nitrogen and oxygen atoms in total. The van der Waals surface area contributed by atoms with Crippen LogP contribution in [0, 0.1) is 6.92 Å². The van der Waals surface area contributed by atoms with Crippen molar-refractivity contribution in [1.82, 2.24) is 25.1 Å². The summed E-state index contributed by atoms with van der Waals surface area (Å²) in [5.41, 5.74) is 4.15. The third-order valence-corrected chi connectivity index (χ3v) is 5.97. The number of aromatic nitrogens is 4. The van der Waals surface area contributed by atoms with Crippen LogP contribution in [-0.4, -0.2) is 37.5 Å². The lowest BCUT2D eigenvalue weighted by Crippen LogP contribution is -2.31. The molecular formula is C23H25N5OS. The van der Waals surface area contributed by atoms with E-state index in [9.17, 15) is 4.79 Å². The van der Waals surface area contributed by atoms with Crippen molar-refractivity contribution in [3.63, 3.8) is 0 Å². The first-order valence-electron chi connectivity index (χ1n) is 10.1. The number of nitrogens with one attached hydrogen (secondary N) is 2. The first-order chi connectivity index (χ1) is 14.6. The van der Waals surface area contributed by atoms with Crippen molar-refractivity contribution in [2.45, 2.75) is 37.6 Å². The average molecular weight is 420 g/mol. The van der Waals surface area contributed by atoms with Crippen LogP contribution in [0.4, 0.5) is 0 Å². The first-order valence-corrected chi connectivity index (χ1v) is 11.0. The fourth-order valence-electron chi connectivity index (χ4n) is 3.38. The second-order valence-electron chi connectivity index (χ2n) is 7.28. The fourth-order valence-corrected chi connectivity index (χ4v) is 4.27. The van der Waals surface area contributed by atoms with E-state index in [1.807, 2.05) is 54.9 Å². The van der Waals surface area contributed by atoms with Crippen molar-refractivity contribution < 1.29 is 4.79 Å². The van der Waals surface area contributed by atoms with Crippen LogP contribution in [0.25, 0.3) is 28.0 Å². The molecular weight excluding hydrogens is 394 g/mol. The van der Waals surface area contributed by atoms with Gasteiger partial charge in [0.2, 0.25) is 5.91 Å². The summed E-state index contributed by atoms with van der Waals surface area (Å²) in [6.45, 7) is 6.68. The number of rotatable bonds is 7. The highest BCUT2D eigenvalue weighted by atomic mass is 32.2. The summed E-state index contributed by atoms with van der Waals surface area (Å²) in [6.07, 6.45) is 2.88. The van der Waals surface area contributed by atoms with E-state index in [4.69, 9.17) is 0 Å². The average Bonchev–Trinajstić information content (AvgIpc) is 3.35. The van der Waals surface area contributed by atoms with Gasteiger partial charge in [0.05, 0.1) is 5.25 Å². The largest absolute Gasteiger partial charge is 0.360 e. The molecule has 0 aliphatic rings. The molecule has 2 N–H and O–H groups in total. The lowest BCUT2D eigenvalue weighted by molar-refractivity contribution is -0.120. The number of aryl methyl sites for hydroxylation is 1. The van der Waals surface area contributed by atoms with Crippen LogP contribution in [0.5, 0.6) is 0 Å². The minimum Gasteiger partial charge on any atom is -0.360 e. The van der Waals surface area contributed by atoms with Gasteiger partial charge >= 0.3 is 0 Å². The van der Waals surface area contributed by atoms with Gasteiger partial charge in [0.25, 0.3) is 0 Å². The molecule has 0 saturated carbocycles. The number of carbonyl (C=O) groups is 1. The number of amides is 1. The SMILES string of the molecule is CCCNC(=O)C(C)Sc1nnc(-c2c[nH]c3ccccc23)n1-c1cccc(C)c1. The van der Waals surface area contributed by atoms with Crippen LogP contribution >= 0.6 is 11.8 Å². The van der Waals surface area contributed by atoms with Gasteiger partial charge in [-0.15, -0.1) is 10.2 Å². The Bertz CT molecular complexity index is 1180. The van der Waals surface area contributed by atoms with E-state index in [2.05, 4.69) is 45.6 Å². The number of thioether (sulfide) groups is 1. The van der Waals surface area contributed by atoms with E-state index in [0.29, 0.717) is 11.7 Å². The van der Waals surface area contributed by atoms with Gasteiger partial charge in [0.15, 0.2) is 11.0 Å². The van der Waals surface area contributed by atoms with Crippen molar-refractivity contribution in [2.75, 3.05) is 6.54 Å². The number of aromatic amines is 1. The van der Waals surface area contributed by atoms with E-state index < -0.39 is 0 Å². The Morgan fingerprint density at radius 3 is 2.83 bits per heavy atom. The third-order valence-electron chi connectivity index (χ3n) is 4.92. The van der Waals surface area contributed by atoms with Crippen LogP contribution < -0.4 is 5.32 Å². The number of hydrogen-bond acceptors (Lipinski definition) is 4. The molecule has 0 radical (unpaired) electrons. The minimum absolute atomic E-state index is 0.00860. The summed E-state index contributed by atoms with van der Waals surface area (Å²) in [4.78, 5) is 15.7. The van der Waals surface area contributed by atoms with Crippen molar-refractivity contribution >= 4 is 28.6 Å². The highest BCUT2D eigenvalue weighted by Gasteiger charge is 2.23. The Balaban J connectivity index is 1.79. The lowest BCUT2D eigenvalue weighted by atomic mass is 10.1. The maximum absolute atomic E-state index is 12.4. The monoisotopic (exact) mass is 419 g/mol. The van der Waals surface area contributed by atoms with E-state index in [-0.39, 0.29) is 11.2 Å². The molecule has 1 amide bonds. The standard InChI is InChI=1S/C23H25N5OS/c1-4-12-24-22(29)16(3)30-23-27-26-21(28(23)17-9-7-8-15(2)13-17)19-14-25-20-11-6-5-10-18(19)20/h5-11,13-14,16,25H,4,12H2,1-3H3,(H,24,29). The molecule has 2 aromatic heterocycles. The predicted molar refractivity (Wildman–Crippen MR) is 122 cm³/mol. The molecule has 1 unspecified atom stereocenters.